The van der Waals surface area contributed by atoms with Crippen molar-refractivity contribution in [2.24, 2.45) is 19.3 Å². The predicted molar refractivity (Wildman–Crippen MR) is 62.4 cm³/mol. The first-order valence-corrected chi connectivity index (χ1v) is 5.07. The molecule has 0 aliphatic heterocycles. The average Bonchev–Trinajstić information content (AvgIpc) is 2.31. The molecule has 1 N–H and O–H groups in total. The topological polar surface area (TPSA) is 85.8 Å². The van der Waals surface area contributed by atoms with Gasteiger partial charge in [0.2, 0.25) is 5.88 Å². The van der Waals surface area contributed by atoms with Crippen molar-refractivity contribution in [2.45, 2.75) is 13.8 Å². The van der Waals surface area contributed by atoms with Crippen LogP contribution in [-0.2, 0) is 18.9 Å². The third kappa shape index (κ3) is 2.22. The van der Waals surface area contributed by atoms with Crippen LogP contribution in [0.15, 0.2) is 14.7 Å². The van der Waals surface area contributed by atoms with Gasteiger partial charge in [-0.25, -0.2) is 4.79 Å². The van der Waals surface area contributed by atoms with E-state index in [0.29, 0.717) is 6.61 Å². The molecule has 0 aromatic carbocycles. The third-order valence-electron chi connectivity index (χ3n) is 2.33. The summed E-state index contributed by atoms with van der Waals surface area (Å²) in [6.45, 7) is 3.62. The molecule has 7 nitrogen and oxygen atoms in total. The van der Waals surface area contributed by atoms with Gasteiger partial charge in [0.1, 0.15) is 12.2 Å². The van der Waals surface area contributed by atoms with E-state index in [1.165, 1.54) is 21.0 Å². The smallest absolute Gasteiger partial charge is 0.333 e. The van der Waals surface area contributed by atoms with Gasteiger partial charge in [0.25, 0.3) is 5.56 Å². The van der Waals surface area contributed by atoms with Crippen molar-refractivity contribution in [2.75, 3.05) is 6.61 Å². The van der Waals surface area contributed by atoms with Crippen LogP contribution in [-0.4, -0.2) is 26.6 Å². The summed E-state index contributed by atoms with van der Waals surface area (Å²) in [6, 6.07) is 0. The Bertz CT molecular complexity index is 568. The van der Waals surface area contributed by atoms with Gasteiger partial charge in [-0.1, -0.05) is 5.16 Å². The largest absolute Gasteiger partial charge is 0.494 e. The van der Waals surface area contributed by atoms with E-state index in [0.717, 1.165) is 9.13 Å². The zero-order chi connectivity index (χ0) is 13.2. The van der Waals surface area contributed by atoms with Crippen molar-refractivity contribution in [1.82, 2.24) is 9.13 Å². The van der Waals surface area contributed by atoms with Gasteiger partial charge in [0.15, 0.2) is 0 Å². The molecule has 0 saturated heterocycles. The quantitative estimate of drug-likeness (QED) is 0.573. The van der Waals surface area contributed by atoms with Crippen molar-refractivity contribution in [3.63, 3.8) is 0 Å². The Morgan fingerprint density at radius 3 is 2.47 bits per heavy atom. The van der Waals surface area contributed by atoms with Gasteiger partial charge in [-0.05, 0) is 13.8 Å². The number of hydrogen-bond acceptors (Lipinski definition) is 5. The Kier molecular flexibility index (Phi) is 3.72. The summed E-state index contributed by atoms with van der Waals surface area (Å²) in [6.07, 6.45) is 0. The van der Waals surface area contributed by atoms with E-state index >= 15 is 0 Å². The molecule has 0 atom stereocenters. The highest BCUT2D eigenvalue weighted by Crippen LogP contribution is 2.10. The molecule has 1 heterocycles. The Labute approximate surface area is 97.6 Å². The normalized spacial score (nSPS) is 11.6. The fourth-order valence-corrected chi connectivity index (χ4v) is 1.36. The number of aromatic hydroxyl groups is 1. The van der Waals surface area contributed by atoms with Crippen molar-refractivity contribution in [3.8, 4) is 5.88 Å². The highest BCUT2D eigenvalue weighted by molar-refractivity contribution is 5.99. The second-order valence-corrected chi connectivity index (χ2v) is 3.50. The third-order valence-corrected chi connectivity index (χ3v) is 2.33. The molecule has 1 rings (SSSR count). The van der Waals surface area contributed by atoms with Crippen molar-refractivity contribution in [1.29, 1.82) is 0 Å². The molecule has 0 spiro atoms. The van der Waals surface area contributed by atoms with Crippen LogP contribution >= 0.6 is 0 Å². The highest BCUT2D eigenvalue weighted by atomic mass is 16.6. The monoisotopic (exact) mass is 241 g/mol. The van der Waals surface area contributed by atoms with Crippen molar-refractivity contribution in [3.05, 3.63) is 26.4 Å². The van der Waals surface area contributed by atoms with Crippen molar-refractivity contribution >= 4 is 5.71 Å². The summed E-state index contributed by atoms with van der Waals surface area (Å²) < 4.78 is 1.88. The maximum Gasteiger partial charge on any atom is 0.333 e. The summed E-state index contributed by atoms with van der Waals surface area (Å²) >= 11 is 0. The minimum Gasteiger partial charge on any atom is -0.494 e. The zero-order valence-corrected chi connectivity index (χ0v) is 10.2. The molecule has 0 aliphatic rings. The minimum atomic E-state index is -0.605. The van der Waals surface area contributed by atoms with Crippen LogP contribution in [0.5, 0.6) is 5.88 Å². The Morgan fingerprint density at radius 2 is 1.94 bits per heavy atom. The van der Waals surface area contributed by atoms with Crippen LogP contribution in [0, 0.1) is 0 Å². The van der Waals surface area contributed by atoms with E-state index in [9.17, 15) is 14.7 Å². The van der Waals surface area contributed by atoms with Gasteiger partial charge >= 0.3 is 5.69 Å². The fourth-order valence-electron chi connectivity index (χ4n) is 1.36. The van der Waals surface area contributed by atoms with E-state index in [-0.39, 0.29) is 11.3 Å². The highest BCUT2D eigenvalue weighted by Gasteiger charge is 2.17. The molecule has 0 unspecified atom stereocenters. The first kappa shape index (κ1) is 13.0. The van der Waals surface area contributed by atoms with Crippen molar-refractivity contribution < 1.29 is 9.94 Å². The SMILES string of the molecule is CCON=C(C)c1c(O)n(C)c(=O)n(C)c1=O. The second kappa shape index (κ2) is 4.86. The van der Waals surface area contributed by atoms with Gasteiger partial charge in [-0.3, -0.25) is 13.9 Å². The lowest BCUT2D eigenvalue weighted by Gasteiger charge is -2.09. The van der Waals surface area contributed by atoms with E-state index in [4.69, 9.17) is 4.84 Å². The van der Waals surface area contributed by atoms with E-state index in [2.05, 4.69) is 5.16 Å². The molecular weight excluding hydrogens is 226 g/mol. The zero-order valence-electron chi connectivity index (χ0n) is 10.2. The maximum atomic E-state index is 11.8. The molecule has 17 heavy (non-hydrogen) atoms. The van der Waals surface area contributed by atoms with E-state index < -0.39 is 17.1 Å². The Morgan fingerprint density at radius 1 is 1.35 bits per heavy atom. The molecule has 1 aromatic rings. The number of oxime groups is 1. The van der Waals surface area contributed by atoms with Crippen LogP contribution in [0.1, 0.15) is 19.4 Å². The lowest BCUT2D eigenvalue weighted by Crippen LogP contribution is -2.39. The first-order chi connectivity index (χ1) is 7.91. The summed E-state index contributed by atoms with van der Waals surface area (Å²) in [4.78, 5) is 28.1. The number of nitrogens with zero attached hydrogens (tertiary/aromatic N) is 3. The van der Waals surface area contributed by atoms with Gasteiger partial charge in [0, 0.05) is 14.1 Å². The first-order valence-electron chi connectivity index (χ1n) is 5.07. The van der Waals surface area contributed by atoms with Gasteiger partial charge in [-0.15, -0.1) is 0 Å². The van der Waals surface area contributed by atoms with E-state index in [1.54, 1.807) is 6.92 Å². The summed E-state index contributed by atoms with van der Waals surface area (Å²) in [7, 11) is 2.70. The summed E-state index contributed by atoms with van der Waals surface area (Å²) in [5.41, 5.74) is -1.02. The van der Waals surface area contributed by atoms with Crippen LogP contribution in [0.3, 0.4) is 0 Å². The standard InChI is InChI=1S/C10H15N3O4/c1-5-17-11-6(2)7-8(14)12(3)10(16)13(4)9(7)15/h14H,5H2,1-4H3. The molecule has 0 radical (unpaired) electrons. The van der Waals surface area contributed by atoms with Crippen LogP contribution in [0.25, 0.3) is 0 Å². The number of rotatable bonds is 3. The summed E-state index contributed by atoms with van der Waals surface area (Å²) in [5.74, 6) is -0.418. The van der Waals surface area contributed by atoms with Gasteiger partial charge in [-0.2, -0.15) is 0 Å². The molecular formula is C10H15N3O4. The van der Waals surface area contributed by atoms with Gasteiger partial charge in [0.05, 0.1) is 5.71 Å². The summed E-state index contributed by atoms with van der Waals surface area (Å²) in [5, 5.41) is 13.4. The molecule has 94 valence electrons. The lowest BCUT2D eigenvalue weighted by atomic mass is 10.2. The molecule has 0 amide bonds. The Balaban J connectivity index is 3.56. The molecule has 0 aliphatic carbocycles. The van der Waals surface area contributed by atoms with Crippen LogP contribution < -0.4 is 11.2 Å². The Hall–Kier alpha value is -2.05. The molecule has 0 saturated carbocycles. The number of aromatic nitrogens is 2. The predicted octanol–water partition coefficient (Wildman–Crippen LogP) is -0.450. The number of hydrogen-bond donors (Lipinski definition) is 1. The molecule has 0 bridgehead atoms. The fraction of sp³-hybridized carbons (Fsp3) is 0.500. The average molecular weight is 241 g/mol. The van der Waals surface area contributed by atoms with E-state index in [1.807, 2.05) is 0 Å². The molecule has 0 fully saturated rings. The molecule has 7 heteroatoms. The maximum absolute atomic E-state index is 11.8. The van der Waals surface area contributed by atoms with Gasteiger partial charge < -0.3 is 9.94 Å². The second-order valence-electron chi connectivity index (χ2n) is 3.50. The van der Waals surface area contributed by atoms with Crippen LogP contribution in [0.4, 0.5) is 0 Å². The molecule has 1 aromatic heterocycles. The minimum absolute atomic E-state index is 0.0388. The lowest BCUT2D eigenvalue weighted by molar-refractivity contribution is 0.158. The van der Waals surface area contributed by atoms with Crippen LogP contribution in [0.2, 0.25) is 0 Å².